The number of nitrogens with zero attached hydrogens (tertiary/aromatic N) is 1. The van der Waals surface area contributed by atoms with Gasteiger partial charge in [-0.3, -0.25) is 0 Å². The average molecular weight is 226 g/mol. The van der Waals surface area contributed by atoms with Crippen LogP contribution in [0.3, 0.4) is 0 Å². The van der Waals surface area contributed by atoms with Gasteiger partial charge >= 0.3 is 0 Å². The summed E-state index contributed by atoms with van der Waals surface area (Å²) in [5, 5.41) is 4.41. The lowest BCUT2D eigenvalue weighted by molar-refractivity contribution is -0.0295. The molecule has 0 amide bonds. The van der Waals surface area contributed by atoms with E-state index in [0.29, 0.717) is 18.2 Å². The fourth-order valence-electron chi connectivity index (χ4n) is 2.66. The number of hydrogen-bond donors (Lipinski definition) is 1. The molecule has 15 heavy (non-hydrogen) atoms. The van der Waals surface area contributed by atoms with Crippen molar-refractivity contribution in [1.82, 2.24) is 10.2 Å². The Bertz CT molecular complexity index is 267. The zero-order chi connectivity index (χ0) is 10.3. The van der Waals surface area contributed by atoms with Crippen LogP contribution in [0.25, 0.3) is 0 Å². The maximum absolute atomic E-state index is 5.77. The molecule has 0 radical (unpaired) electrons. The van der Waals surface area contributed by atoms with Crippen LogP contribution in [0.4, 0.5) is 0 Å². The third-order valence-corrected chi connectivity index (χ3v) is 4.00. The van der Waals surface area contributed by atoms with Crippen molar-refractivity contribution >= 4 is 17.3 Å². The fourth-order valence-corrected chi connectivity index (χ4v) is 3.06. The molecule has 2 saturated carbocycles. The SMILES string of the molecule is S=C(NC1CC1)N1CCOC2CCCC21. The van der Waals surface area contributed by atoms with Gasteiger partial charge in [0, 0.05) is 12.6 Å². The molecule has 4 heteroatoms. The van der Waals surface area contributed by atoms with Crippen molar-refractivity contribution in [3.63, 3.8) is 0 Å². The van der Waals surface area contributed by atoms with Crippen molar-refractivity contribution in [2.45, 2.75) is 50.3 Å². The van der Waals surface area contributed by atoms with Crippen molar-refractivity contribution in [2.24, 2.45) is 0 Å². The second-order valence-corrected chi connectivity index (χ2v) is 5.21. The number of ether oxygens (including phenoxy) is 1. The van der Waals surface area contributed by atoms with Gasteiger partial charge in [-0.15, -0.1) is 0 Å². The van der Waals surface area contributed by atoms with E-state index in [4.69, 9.17) is 17.0 Å². The molecular weight excluding hydrogens is 208 g/mol. The number of fused-ring (bicyclic) bond motifs is 1. The summed E-state index contributed by atoms with van der Waals surface area (Å²) >= 11 is 5.47. The van der Waals surface area contributed by atoms with Gasteiger partial charge in [0.2, 0.25) is 0 Å². The minimum atomic E-state index is 0.442. The van der Waals surface area contributed by atoms with E-state index in [1.807, 2.05) is 0 Å². The molecule has 2 aliphatic carbocycles. The Balaban J connectivity index is 1.64. The molecule has 0 bridgehead atoms. The predicted molar refractivity (Wildman–Crippen MR) is 62.8 cm³/mol. The van der Waals surface area contributed by atoms with Crippen molar-refractivity contribution in [2.75, 3.05) is 13.2 Å². The lowest BCUT2D eigenvalue weighted by atomic mass is 10.1. The first-order valence-corrected chi connectivity index (χ1v) is 6.44. The summed E-state index contributed by atoms with van der Waals surface area (Å²) in [6, 6.07) is 1.22. The van der Waals surface area contributed by atoms with Crippen molar-refractivity contribution in [3.8, 4) is 0 Å². The lowest BCUT2D eigenvalue weighted by Gasteiger charge is -2.39. The number of morpholine rings is 1. The Labute approximate surface area is 96.2 Å². The monoisotopic (exact) mass is 226 g/mol. The molecule has 0 aromatic carbocycles. The van der Waals surface area contributed by atoms with Crippen LogP contribution in [0.5, 0.6) is 0 Å². The van der Waals surface area contributed by atoms with E-state index in [1.165, 1.54) is 32.1 Å². The molecule has 84 valence electrons. The maximum atomic E-state index is 5.77. The van der Waals surface area contributed by atoms with Crippen LogP contribution >= 0.6 is 12.2 Å². The van der Waals surface area contributed by atoms with E-state index >= 15 is 0 Å². The highest BCUT2D eigenvalue weighted by Gasteiger charge is 2.38. The van der Waals surface area contributed by atoms with E-state index in [0.717, 1.165) is 18.3 Å². The van der Waals surface area contributed by atoms with Gasteiger partial charge in [0.15, 0.2) is 5.11 Å². The maximum Gasteiger partial charge on any atom is 0.169 e. The second-order valence-electron chi connectivity index (χ2n) is 4.82. The second kappa shape index (κ2) is 3.91. The Hall–Kier alpha value is -0.350. The summed E-state index contributed by atoms with van der Waals surface area (Å²) in [6.45, 7) is 1.81. The molecule has 3 aliphatic rings. The quantitative estimate of drug-likeness (QED) is 0.681. The number of thiocarbonyl (C=S) groups is 1. The topological polar surface area (TPSA) is 24.5 Å². The number of nitrogens with one attached hydrogen (secondary N) is 1. The predicted octanol–water partition coefficient (Wildman–Crippen LogP) is 1.28. The molecule has 1 aliphatic heterocycles. The summed E-state index contributed by atoms with van der Waals surface area (Å²) in [5.74, 6) is 0. The normalized spacial score (nSPS) is 35.1. The molecular formula is C11H18N2OS. The van der Waals surface area contributed by atoms with Crippen molar-refractivity contribution in [3.05, 3.63) is 0 Å². The van der Waals surface area contributed by atoms with Crippen LogP contribution in [-0.2, 0) is 4.74 Å². The van der Waals surface area contributed by atoms with E-state index < -0.39 is 0 Å². The summed E-state index contributed by atoms with van der Waals surface area (Å²) in [6.07, 6.45) is 6.78. The zero-order valence-electron chi connectivity index (χ0n) is 8.95. The van der Waals surface area contributed by atoms with Crippen molar-refractivity contribution < 1.29 is 4.74 Å². The van der Waals surface area contributed by atoms with E-state index in [-0.39, 0.29) is 0 Å². The first kappa shape index (κ1) is 9.85. The molecule has 2 unspecified atom stereocenters. The number of rotatable bonds is 1. The molecule has 3 nitrogen and oxygen atoms in total. The van der Waals surface area contributed by atoms with Crippen LogP contribution in [0.1, 0.15) is 32.1 Å². The molecule has 3 rings (SSSR count). The van der Waals surface area contributed by atoms with Gasteiger partial charge in [-0.2, -0.15) is 0 Å². The third-order valence-electron chi connectivity index (χ3n) is 3.65. The largest absolute Gasteiger partial charge is 0.374 e. The minimum Gasteiger partial charge on any atom is -0.374 e. The van der Waals surface area contributed by atoms with E-state index in [1.54, 1.807) is 0 Å². The van der Waals surface area contributed by atoms with Crippen LogP contribution < -0.4 is 5.32 Å². The zero-order valence-corrected chi connectivity index (χ0v) is 9.76. The molecule has 0 spiro atoms. The highest BCUT2D eigenvalue weighted by molar-refractivity contribution is 7.80. The molecule has 1 saturated heterocycles. The van der Waals surface area contributed by atoms with Gasteiger partial charge in [-0.05, 0) is 44.3 Å². The fraction of sp³-hybridized carbons (Fsp3) is 0.909. The molecule has 1 heterocycles. The van der Waals surface area contributed by atoms with E-state index in [2.05, 4.69) is 10.2 Å². The van der Waals surface area contributed by atoms with Gasteiger partial charge in [-0.1, -0.05) is 0 Å². The highest BCUT2D eigenvalue weighted by atomic mass is 32.1. The number of hydrogen-bond acceptors (Lipinski definition) is 2. The lowest BCUT2D eigenvalue weighted by Crippen LogP contribution is -2.54. The van der Waals surface area contributed by atoms with Crippen LogP contribution in [0.2, 0.25) is 0 Å². The molecule has 1 N–H and O–H groups in total. The van der Waals surface area contributed by atoms with Gasteiger partial charge in [-0.25, -0.2) is 0 Å². The first-order chi connectivity index (χ1) is 7.34. The Kier molecular flexibility index (Phi) is 2.56. The van der Waals surface area contributed by atoms with Gasteiger partial charge in [0.05, 0.1) is 18.8 Å². The first-order valence-electron chi connectivity index (χ1n) is 6.03. The Morgan fingerprint density at radius 2 is 2.13 bits per heavy atom. The molecule has 0 aromatic rings. The van der Waals surface area contributed by atoms with Crippen LogP contribution in [-0.4, -0.2) is 41.4 Å². The average Bonchev–Trinajstić information content (AvgIpc) is 2.93. The summed E-state index contributed by atoms with van der Waals surface area (Å²) in [4.78, 5) is 2.37. The van der Waals surface area contributed by atoms with Gasteiger partial charge < -0.3 is 15.0 Å². The standard InChI is InChI=1S/C11H18N2OS/c15-11(12-8-4-5-8)13-6-7-14-10-3-1-2-9(10)13/h8-10H,1-7H2,(H,12,15). The minimum absolute atomic E-state index is 0.442. The van der Waals surface area contributed by atoms with Gasteiger partial charge in [0.1, 0.15) is 0 Å². The van der Waals surface area contributed by atoms with Gasteiger partial charge in [0.25, 0.3) is 0 Å². The molecule has 0 aromatic heterocycles. The van der Waals surface area contributed by atoms with Crippen LogP contribution in [0.15, 0.2) is 0 Å². The molecule has 2 atom stereocenters. The summed E-state index contributed by atoms with van der Waals surface area (Å²) in [5.41, 5.74) is 0. The molecule has 3 fully saturated rings. The van der Waals surface area contributed by atoms with Crippen LogP contribution in [0, 0.1) is 0 Å². The Morgan fingerprint density at radius 3 is 2.93 bits per heavy atom. The van der Waals surface area contributed by atoms with Crippen molar-refractivity contribution in [1.29, 1.82) is 0 Å². The summed E-state index contributed by atoms with van der Waals surface area (Å²) in [7, 11) is 0. The summed E-state index contributed by atoms with van der Waals surface area (Å²) < 4.78 is 5.77. The Morgan fingerprint density at radius 1 is 1.27 bits per heavy atom. The van der Waals surface area contributed by atoms with E-state index in [9.17, 15) is 0 Å². The smallest absolute Gasteiger partial charge is 0.169 e. The highest BCUT2D eigenvalue weighted by Crippen LogP contribution is 2.30. The third kappa shape index (κ3) is 1.97.